The maximum absolute atomic E-state index is 3.97. The minimum atomic E-state index is -1.36. The van der Waals surface area contributed by atoms with Gasteiger partial charge in [0.05, 0.1) is 8.07 Å². The number of nitrogens with zero attached hydrogens (tertiary/aromatic N) is 2. The third-order valence-electron chi connectivity index (χ3n) is 3.95. The molecule has 0 fully saturated rings. The second-order valence-electron chi connectivity index (χ2n) is 6.05. The Labute approximate surface area is 105 Å². The van der Waals surface area contributed by atoms with E-state index >= 15 is 0 Å². The monoisotopic (exact) mass is 258 g/mol. The van der Waals surface area contributed by atoms with Crippen LogP contribution in [0.1, 0.15) is 6.42 Å². The molecule has 0 aromatic carbocycles. The smallest absolute Gasteiger partial charge is 0.202 e. The lowest BCUT2D eigenvalue weighted by Crippen LogP contribution is -2.58. The van der Waals surface area contributed by atoms with E-state index in [2.05, 4.69) is 69.2 Å². The van der Waals surface area contributed by atoms with Crippen LogP contribution in [0.3, 0.4) is 0 Å². The van der Waals surface area contributed by atoms with Gasteiger partial charge in [0, 0.05) is 0 Å². The van der Waals surface area contributed by atoms with Crippen molar-refractivity contribution in [3.8, 4) is 0 Å². The predicted octanol–water partition coefficient (Wildman–Crippen LogP) is 3.01. The highest BCUT2D eigenvalue weighted by atomic mass is 28.3. The Bertz CT molecular complexity index is 217. The van der Waals surface area contributed by atoms with Crippen LogP contribution < -0.4 is 0 Å². The van der Waals surface area contributed by atoms with Gasteiger partial charge in [0.15, 0.2) is 0 Å². The highest BCUT2D eigenvalue weighted by molar-refractivity contribution is 6.82. The van der Waals surface area contributed by atoms with Gasteiger partial charge in [0.1, 0.15) is 0 Å². The molecule has 0 bridgehead atoms. The SMILES string of the molecule is C=C[Si](C)(C)CCC[Si](C)(N(C)C)N(C)C. The summed E-state index contributed by atoms with van der Waals surface area (Å²) in [5, 5.41) is 0. The van der Waals surface area contributed by atoms with Crippen molar-refractivity contribution in [3.05, 3.63) is 12.3 Å². The highest BCUT2D eigenvalue weighted by Crippen LogP contribution is 2.22. The van der Waals surface area contributed by atoms with E-state index in [-0.39, 0.29) is 0 Å². The lowest BCUT2D eigenvalue weighted by Gasteiger charge is -2.40. The molecule has 16 heavy (non-hydrogen) atoms. The van der Waals surface area contributed by atoms with Gasteiger partial charge in [-0.25, -0.2) is 0 Å². The minimum Gasteiger partial charge on any atom is -0.317 e. The average Bonchev–Trinajstić information content (AvgIpc) is 2.16. The van der Waals surface area contributed by atoms with E-state index in [1.165, 1.54) is 18.5 Å². The van der Waals surface area contributed by atoms with Crippen LogP contribution in [0.25, 0.3) is 0 Å². The molecular formula is C12H30N2Si2. The van der Waals surface area contributed by atoms with E-state index < -0.39 is 16.5 Å². The Morgan fingerprint density at radius 1 is 0.938 bits per heavy atom. The van der Waals surface area contributed by atoms with Crippen molar-refractivity contribution in [2.75, 3.05) is 28.2 Å². The molecule has 0 amide bonds. The third-order valence-corrected chi connectivity index (χ3v) is 11.9. The fourth-order valence-electron chi connectivity index (χ4n) is 1.83. The molecule has 0 heterocycles. The van der Waals surface area contributed by atoms with Crippen LogP contribution in [0, 0.1) is 0 Å². The van der Waals surface area contributed by atoms with Crippen LogP contribution >= 0.6 is 0 Å². The maximum Gasteiger partial charge on any atom is 0.202 e. The molecule has 2 nitrogen and oxygen atoms in total. The molecule has 0 saturated carbocycles. The fraction of sp³-hybridized carbons (Fsp3) is 0.833. The zero-order valence-electron chi connectivity index (χ0n) is 12.3. The molecule has 0 aromatic rings. The Morgan fingerprint density at radius 3 is 1.69 bits per heavy atom. The first-order valence-corrected chi connectivity index (χ1v) is 12.0. The summed E-state index contributed by atoms with van der Waals surface area (Å²) in [4.78, 5) is 0. The van der Waals surface area contributed by atoms with Gasteiger partial charge >= 0.3 is 0 Å². The van der Waals surface area contributed by atoms with Gasteiger partial charge in [-0.2, -0.15) is 0 Å². The summed E-state index contributed by atoms with van der Waals surface area (Å²) in [5.74, 6) is 0. The molecule has 0 aliphatic carbocycles. The predicted molar refractivity (Wildman–Crippen MR) is 80.9 cm³/mol. The molecule has 0 atom stereocenters. The third kappa shape index (κ3) is 4.53. The van der Waals surface area contributed by atoms with E-state index in [1.54, 1.807) is 0 Å². The zero-order chi connectivity index (χ0) is 13.0. The molecule has 4 heteroatoms. The molecule has 0 spiro atoms. The van der Waals surface area contributed by atoms with Crippen molar-refractivity contribution < 1.29 is 0 Å². The van der Waals surface area contributed by atoms with Crippen LogP contribution in [0.2, 0.25) is 31.7 Å². The van der Waals surface area contributed by atoms with Crippen molar-refractivity contribution in [1.29, 1.82) is 0 Å². The molecule has 0 saturated heterocycles. The van der Waals surface area contributed by atoms with Crippen LogP contribution in [0.15, 0.2) is 12.3 Å². The first-order chi connectivity index (χ1) is 7.15. The van der Waals surface area contributed by atoms with E-state index in [0.29, 0.717) is 0 Å². The lowest BCUT2D eigenvalue weighted by atomic mass is 10.6. The van der Waals surface area contributed by atoms with E-state index in [1.807, 2.05) is 0 Å². The van der Waals surface area contributed by atoms with Crippen LogP contribution in [-0.2, 0) is 0 Å². The molecule has 0 aliphatic heterocycles. The largest absolute Gasteiger partial charge is 0.317 e. The summed E-state index contributed by atoms with van der Waals surface area (Å²) >= 11 is 0. The second kappa shape index (κ2) is 6.14. The Kier molecular flexibility index (Phi) is 6.18. The van der Waals surface area contributed by atoms with E-state index in [0.717, 1.165) is 0 Å². The zero-order valence-corrected chi connectivity index (χ0v) is 14.3. The summed E-state index contributed by atoms with van der Waals surface area (Å²) in [7, 11) is 6.44. The molecule has 0 unspecified atom stereocenters. The van der Waals surface area contributed by atoms with Crippen molar-refractivity contribution >= 4 is 16.5 Å². The first-order valence-electron chi connectivity index (χ1n) is 6.14. The van der Waals surface area contributed by atoms with Gasteiger partial charge in [-0.15, -0.1) is 12.3 Å². The van der Waals surface area contributed by atoms with Crippen LogP contribution in [0.4, 0.5) is 0 Å². The molecular weight excluding hydrogens is 228 g/mol. The van der Waals surface area contributed by atoms with Crippen molar-refractivity contribution in [1.82, 2.24) is 9.13 Å². The van der Waals surface area contributed by atoms with Crippen molar-refractivity contribution in [2.45, 2.75) is 38.2 Å². The summed E-state index contributed by atoms with van der Waals surface area (Å²) in [5.41, 5.74) is 2.22. The van der Waals surface area contributed by atoms with E-state index in [9.17, 15) is 0 Å². The minimum absolute atomic E-state index is 1.10. The average molecular weight is 259 g/mol. The van der Waals surface area contributed by atoms with Crippen molar-refractivity contribution in [3.63, 3.8) is 0 Å². The summed E-state index contributed by atoms with van der Waals surface area (Å²) in [6, 6.07) is 2.73. The van der Waals surface area contributed by atoms with E-state index in [4.69, 9.17) is 0 Å². The molecule has 96 valence electrons. The Morgan fingerprint density at radius 2 is 1.38 bits per heavy atom. The number of hydrogen-bond acceptors (Lipinski definition) is 2. The molecule has 0 aliphatic rings. The quantitative estimate of drug-likeness (QED) is 0.648. The first kappa shape index (κ1) is 16.1. The van der Waals surface area contributed by atoms with Crippen LogP contribution in [-0.4, -0.2) is 53.8 Å². The Hall–Kier alpha value is 0.0938. The summed E-state index contributed by atoms with van der Waals surface area (Å²) in [6.45, 7) is 11.2. The number of rotatable bonds is 7. The van der Waals surface area contributed by atoms with Gasteiger partial charge in [-0.3, -0.25) is 0 Å². The standard InChI is InChI=1S/C12H30N2Si2/c1-9-15(6,7)11-10-12-16(8,13(2)3)14(4)5/h9H,1,10-12H2,2-8H3. The van der Waals surface area contributed by atoms with Gasteiger partial charge in [0.25, 0.3) is 0 Å². The highest BCUT2D eigenvalue weighted by Gasteiger charge is 2.33. The van der Waals surface area contributed by atoms with Gasteiger partial charge < -0.3 is 9.13 Å². The normalized spacial score (nSPS) is 13.6. The molecule has 0 rings (SSSR count). The lowest BCUT2D eigenvalue weighted by molar-refractivity contribution is 0.481. The maximum atomic E-state index is 3.97. The van der Waals surface area contributed by atoms with Crippen molar-refractivity contribution in [2.24, 2.45) is 0 Å². The fourth-order valence-corrected chi connectivity index (χ4v) is 6.01. The summed E-state index contributed by atoms with van der Waals surface area (Å²) in [6.07, 6.45) is 1.35. The molecule has 0 N–H and O–H groups in total. The van der Waals surface area contributed by atoms with Crippen LogP contribution in [0.5, 0.6) is 0 Å². The summed E-state index contributed by atoms with van der Waals surface area (Å²) < 4.78 is 4.91. The topological polar surface area (TPSA) is 6.48 Å². The molecule has 0 radical (unpaired) electrons. The molecule has 0 aromatic heterocycles. The Balaban J connectivity index is 4.31. The number of hydrogen-bond donors (Lipinski definition) is 0. The van der Waals surface area contributed by atoms with Gasteiger partial charge in [0.2, 0.25) is 8.40 Å². The van der Waals surface area contributed by atoms with Gasteiger partial charge in [-0.05, 0) is 40.8 Å². The van der Waals surface area contributed by atoms with Gasteiger partial charge in [-0.1, -0.05) is 25.6 Å². The second-order valence-corrected chi connectivity index (χ2v) is 15.7.